The average Bonchev–Trinajstić information content (AvgIpc) is 3.03. The molecule has 1 aliphatic carbocycles. The highest BCUT2D eigenvalue weighted by Gasteiger charge is 2.22. The predicted octanol–water partition coefficient (Wildman–Crippen LogP) is 7.01. The molecule has 3 N–H and O–H groups in total. The number of carboxylic acids is 1. The van der Waals surface area contributed by atoms with Crippen LogP contribution in [-0.4, -0.2) is 33.8 Å². The number of halogens is 1. The number of carbonyl (C=O) groups excluding carboxylic acids is 1. The SMILES string of the molecule is O=C(O)CCNC(=O)c1ccc(CN(/C(=C\[N+](=O)[O-])NC(C=S)c2ccc(Cl)cc2)c2ccc(C3CCCCC3)cc2)cc1. The van der Waals surface area contributed by atoms with E-state index in [1.165, 1.54) is 30.2 Å². The molecule has 1 saturated carbocycles. The van der Waals surface area contributed by atoms with E-state index in [-0.39, 0.29) is 31.2 Å². The molecule has 1 fully saturated rings. The second kappa shape index (κ2) is 16.0. The minimum atomic E-state index is -0.994. The summed E-state index contributed by atoms with van der Waals surface area (Å²) in [7, 11) is 0. The van der Waals surface area contributed by atoms with Crippen molar-refractivity contribution in [2.24, 2.45) is 0 Å². The van der Waals surface area contributed by atoms with Crippen LogP contribution in [0.25, 0.3) is 0 Å². The van der Waals surface area contributed by atoms with Crippen LogP contribution in [0.2, 0.25) is 5.02 Å². The highest BCUT2D eigenvalue weighted by molar-refractivity contribution is 7.79. The zero-order chi connectivity index (χ0) is 31.5. The molecule has 1 atom stereocenters. The van der Waals surface area contributed by atoms with Gasteiger partial charge in [-0.2, -0.15) is 0 Å². The van der Waals surface area contributed by atoms with Crippen molar-refractivity contribution < 1.29 is 19.6 Å². The van der Waals surface area contributed by atoms with E-state index < -0.39 is 16.9 Å². The fourth-order valence-electron chi connectivity index (χ4n) is 5.32. The average molecular weight is 635 g/mol. The largest absolute Gasteiger partial charge is 0.481 e. The molecule has 0 aliphatic heterocycles. The number of aliphatic carboxylic acids is 1. The minimum Gasteiger partial charge on any atom is -0.481 e. The quantitative estimate of drug-likeness (QED) is 0.0983. The zero-order valence-corrected chi connectivity index (χ0v) is 25.7. The van der Waals surface area contributed by atoms with Gasteiger partial charge in [0.15, 0.2) is 5.82 Å². The molecule has 0 heterocycles. The third-order valence-corrected chi connectivity index (χ3v) is 8.17. The Kier molecular flexibility index (Phi) is 11.8. The number of anilines is 1. The van der Waals surface area contributed by atoms with E-state index in [2.05, 4.69) is 22.8 Å². The number of hydrogen-bond donors (Lipinski definition) is 3. The third-order valence-electron chi connectivity index (χ3n) is 7.65. The van der Waals surface area contributed by atoms with E-state index in [4.69, 9.17) is 28.9 Å². The number of amides is 1. The van der Waals surface area contributed by atoms with E-state index in [9.17, 15) is 19.7 Å². The van der Waals surface area contributed by atoms with Gasteiger partial charge in [0, 0.05) is 34.7 Å². The molecular weight excluding hydrogens is 600 g/mol. The standard InChI is InChI=1S/C33H35ClN4O5S/c34-28-14-10-26(11-15-28)30(22-44)36-31(21-38(42)43)37(29-16-12-25(13-17-29)24-4-2-1-3-5-24)20-23-6-8-27(9-7-23)33(41)35-19-18-32(39)40/h6-17,21-22,24,30,36H,1-5,18-20H2,(H,35,41)(H,39,40)/b31-21-. The molecule has 0 spiro atoms. The van der Waals surface area contributed by atoms with Crippen LogP contribution in [0.4, 0.5) is 5.69 Å². The number of thiocarbonyl (C=S) groups is 1. The van der Waals surface area contributed by atoms with Crippen molar-refractivity contribution in [1.82, 2.24) is 10.6 Å². The fraction of sp³-hybridized carbons (Fsp3) is 0.303. The third kappa shape index (κ3) is 9.36. The first-order chi connectivity index (χ1) is 21.2. The van der Waals surface area contributed by atoms with Crippen LogP contribution in [0.3, 0.4) is 0 Å². The van der Waals surface area contributed by atoms with E-state index in [1.54, 1.807) is 36.4 Å². The van der Waals surface area contributed by atoms with Crippen LogP contribution in [0, 0.1) is 10.1 Å². The Morgan fingerprint density at radius 3 is 2.27 bits per heavy atom. The molecule has 0 saturated heterocycles. The Morgan fingerprint density at radius 2 is 1.68 bits per heavy atom. The lowest BCUT2D eigenvalue weighted by atomic mass is 9.84. The van der Waals surface area contributed by atoms with Gasteiger partial charge in [0.1, 0.15) is 0 Å². The van der Waals surface area contributed by atoms with Gasteiger partial charge in [-0.1, -0.05) is 79.5 Å². The van der Waals surface area contributed by atoms with Gasteiger partial charge in [0.25, 0.3) is 12.1 Å². The molecule has 11 heteroatoms. The second-order valence-electron chi connectivity index (χ2n) is 10.7. The van der Waals surface area contributed by atoms with Crippen molar-refractivity contribution in [3.05, 3.63) is 122 Å². The van der Waals surface area contributed by atoms with Crippen molar-refractivity contribution in [3.63, 3.8) is 0 Å². The lowest BCUT2D eigenvalue weighted by Crippen LogP contribution is -2.35. The van der Waals surface area contributed by atoms with Crippen molar-refractivity contribution in [1.29, 1.82) is 0 Å². The summed E-state index contributed by atoms with van der Waals surface area (Å²) >= 11 is 11.4. The van der Waals surface area contributed by atoms with Gasteiger partial charge < -0.3 is 20.6 Å². The molecular formula is C33H35ClN4O5S. The van der Waals surface area contributed by atoms with E-state index >= 15 is 0 Å². The summed E-state index contributed by atoms with van der Waals surface area (Å²) in [6.07, 6.45) is 6.78. The molecule has 0 bridgehead atoms. The number of carbonyl (C=O) groups is 2. The fourth-order valence-corrected chi connectivity index (χ4v) is 5.67. The number of carboxylic acid groups (broad SMARTS) is 1. The Hall–Kier alpha value is -4.28. The van der Waals surface area contributed by atoms with E-state index in [0.717, 1.165) is 35.9 Å². The summed E-state index contributed by atoms with van der Waals surface area (Å²) in [6, 6.07) is 21.6. The highest BCUT2D eigenvalue weighted by atomic mass is 35.5. The molecule has 1 aliphatic rings. The summed E-state index contributed by atoms with van der Waals surface area (Å²) in [5, 5.41) is 28.6. The van der Waals surface area contributed by atoms with Crippen LogP contribution in [0.15, 0.2) is 84.8 Å². The summed E-state index contributed by atoms with van der Waals surface area (Å²) < 4.78 is 0. The second-order valence-corrected chi connectivity index (χ2v) is 11.4. The van der Waals surface area contributed by atoms with Crippen molar-refractivity contribution in [2.45, 2.75) is 57.0 Å². The number of nitrogens with one attached hydrogen (secondary N) is 2. The van der Waals surface area contributed by atoms with Crippen LogP contribution in [-0.2, 0) is 11.3 Å². The normalized spacial score (nSPS) is 14.3. The van der Waals surface area contributed by atoms with Gasteiger partial charge in [0.05, 0.1) is 17.4 Å². The number of rotatable bonds is 14. The van der Waals surface area contributed by atoms with Gasteiger partial charge in [-0.3, -0.25) is 19.7 Å². The first-order valence-electron chi connectivity index (χ1n) is 14.5. The summed E-state index contributed by atoms with van der Waals surface area (Å²) in [4.78, 5) is 36.4. The van der Waals surface area contributed by atoms with Crippen LogP contribution in [0.1, 0.15) is 77.5 Å². The monoisotopic (exact) mass is 634 g/mol. The summed E-state index contributed by atoms with van der Waals surface area (Å²) in [5.41, 5.74) is 3.98. The maximum absolute atomic E-state index is 12.5. The summed E-state index contributed by atoms with van der Waals surface area (Å²) in [5.74, 6) is -0.629. The number of nitrogens with zero attached hydrogens (tertiary/aromatic N) is 2. The molecule has 4 rings (SSSR count). The lowest BCUT2D eigenvalue weighted by molar-refractivity contribution is -0.403. The summed E-state index contributed by atoms with van der Waals surface area (Å²) in [6.45, 7) is 0.275. The Balaban J connectivity index is 1.64. The number of hydrogen-bond acceptors (Lipinski definition) is 7. The van der Waals surface area contributed by atoms with E-state index in [1.807, 2.05) is 29.2 Å². The number of nitro groups is 1. The molecule has 230 valence electrons. The Bertz CT molecular complexity index is 1470. The van der Waals surface area contributed by atoms with Crippen LogP contribution < -0.4 is 15.5 Å². The maximum Gasteiger partial charge on any atom is 0.305 e. The van der Waals surface area contributed by atoms with Crippen LogP contribution >= 0.6 is 23.8 Å². The molecule has 3 aromatic rings. The van der Waals surface area contributed by atoms with Gasteiger partial charge in [-0.05, 0) is 71.8 Å². The topological polar surface area (TPSA) is 125 Å². The molecule has 0 radical (unpaired) electrons. The molecule has 1 unspecified atom stereocenters. The van der Waals surface area contributed by atoms with E-state index in [0.29, 0.717) is 16.5 Å². The maximum atomic E-state index is 12.5. The lowest BCUT2D eigenvalue weighted by Gasteiger charge is -2.30. The predicted molar refractivity (Wildman–Crippen MR) is 176 cm³/mol. The smallest absolute Gasteiger partial charge is 0.305 e. The van der Waals surface area contributed by atoms with Gasteiger partial charge in [-0.25, -0.2) is 0 Å². The Morgan fingerprint density at radius 1 is 1.02 bits per heavy atom. The molecule has 3 aromatic carbocycles. The number of benzene rings is 3. The molecule has 1 amide bonds. The first-order valence-corrected chi connectivity index (χ1v) is 15.4. The first kappa shape index (κ1) is 32.6. The highest BCUT2D eigenvalue weighted by Crippen LogP contribution is 2.34. The zero-order valence-electron chi connectivity index (χ0n) is 24.2. The minimum absolute atomic E-state index is 0.0237. The molecule has 0 aromatic heterocycles. The van der Waals surface area contributed by atoms with Gasteiger partial charge >= 0.3 is 5.97 Å². The van der Waals surface area contributed by atoms with Gasteiger partial charge in [-0.15, -0.1) is 0 Å². The van der Waals surface area contributed by atoms with Crippen LogP contribution in [0.5, 0.6) is 0 Å². The van der Waals surface area contributed by atoms with Crippen molar-refractivity contribution in [2.75, 3.05) is 11.4 Å². The van der Waals surface area contributed by atoms with Crippen molar-refractivity contribution >= 4 is 46.8 Å². The Labute approximate surface area is 267 Å². The van der Waals surface area contributed by atoms with Gasteiger partial charge in [0.2, 0.25) is 0 Å². The molecule has 44 heavy (non-hydrogen) atoms. The molecule has 9 nitrogen and oxygen atoms in total. The van der Waals surface area contributed by atoms with Crippen molar-refractivity contribution in [3.8, 4) is 0 Å².